The number of aliphatic carboxylic acids is 1. The van der Waals surface area contributed by atoms with Gasteiger partial charge in [-0.05, 0) is 38.5 Å². The van der Waals surface area contributed by atoms with Crippen molar-refractivity contribution in [3.63, 3.8) is 0 Å². The monoisotopic (exact) mass is 281 g/mol. The van der Waals surface area contributed by atoms with Crippen LogP contribution in [0.2, 0.25) is 0 Å². The minimum atomic E-state index is -1.14. The predicted molar refractivity (Wildman–Crippen MR) is 72.7 cm³/mol. The van der Waals surface area contributed by atoms with Crippen molar-refractivity contribution in [1.82, 2.24) is 4.90 Å². The number of aromatic hydroxyl groups is 1. The smallest absolute Gasteiger partial charge is 0.331 e. The lowest BCUT2D eigenvalue weighted by Crippen LogP contribution is -2.38. The Bertz CT molecular complexity index is 486. The van der Waals surface area contributed by atoms with Crippen molar-refractivity contribution in [2.75, 3.05) is 6.61 Å². The molecular weight excluding hydrogens is 262 g/mol. The molecule has 1 aromatic rings. The van der Waals surface area contributed by atoms with Gasteiger partial charge in [-0.1, -0.05) is 6.07 Å². The van der Waals surface area contributed by atoms with E-state index in [1.165, 1.54) is 23.1 Å². The first-order valence-corrected chi connectivity index (χ1v) is 6.33. The third kappa shape index (κ3) is 3.40. The van der Waals surface area contributed by atoms with Gasteiger partial charge in [-0.3, -0.25) is 4.79 Å². The van der Waals surface area contributed by atoms with Crippen molar-refractivity contribution in [1.29, 1.82) is 0 Å². The number of carbonyl (C=O) groups excluding carboxylic acids is 1. The molecule has 0 heterocycles. The van der Waals surface area contributed by atoms with E-state index < -0.39 is 12.0 Å². The molecule has 0 radical (unpaired) electrons. The Morgan fingerprint density at radius 1 is 1.45 bits per heavy atom. The molecule has 0 aromatic heterocycles. The molecule has 0 aliphatic carbocycles. The molecule has 6 heteroatoms. The Balaban J connectivity index is 3.25. The van der Waals surface area contributed by atoms with Crippen LogP contribution < -0.4 is 4.74 Å². The lowest BCUT2D eigenvalue weighted by atomic mass is 10.0. The number of carbonyl (C=O) groups is 2. The zero-order valence-electron chi connectivity index (χ0n) is 11.7. The molecule has 0 saturated heterocycles. The quantitative estimate of drug-likeness (QED) is 0.744. The number of rotatable bonds is 7. The van der Waals surface area contributed by atoms with Crippen molar-refractivity contribution in [3.05, 3.63) is 23.8 Å². The highest BCUT2D eigenvalue weighted by Crippen LogP contribution is 2.31. The molecule has 1 amide bonds. The molecule has 1 atom stereocenters. The van der Waals surface area contributed by atoms with Gasteiger partial charge in [0.1, 0.15) is 0 Å². The Hall–Kier alpha value is -2.24. The standard InChI is InChI=1S/C14H19NO5/c1-4-20-12-7-10(5-6-11(12)17)13(14(18)19)15(8-16)9(2)3/h5-9,13,17H,4H2,1-3H3,(H,18,19). The largest absolute Gasteiger partial charge is 0.504 e. The summed E-state index contributed by atoms with van der Waals surface area (Å²) in [4.78, 5) is 23.8. The highest BCUT2D eigenvalue weighted by Gasteiger charge is 2.29. The Morgan fingerprint density at radius 3 is 2.55 bits per heavy atom. The lowest BCUT2D eigenvalue weighted by molar-refractivity contribution is -0.148. The van der Waals surface area contributed by atoms with E-state index in [2.05, 4.69) is 0 Å². The second-order valence-electron chi connectivity index (χ2n) is 4.55. The highest BCUT2D eigenvalue weighted by atomic mass is 16.5. The van der Waals surface area contributed by atoms with Gasteiger partial charge in [0.05, 0.1) is 6.61 Å². The summed E-state index contributed by atoms with van der Waals surface area (Å²) in [5.41, 5.74) is 0.375. The van der Waals surface area contributed by atoms with Crippen molar-refractivity contribution in [3.8, 4) is 11.5 Å². The molecule has 0 aliphatic rings. The van der Waals surface area contributed by atoms with Crippen LogP contribution in [0.15, 0.2) is 18.2 Å². The molecule has 2 N–H and O–H groups in total. The predicted octanol–water partition coefficient (Wildman–Crippen LogP) is 1.78. The normalized spacial score (nSPS) is 12.0. The minimum Gasteiger partial charge on any atom is -0.504 e. The zero-order chi connectivity index (χ0) is 15.3. The topological polar surface area (TPSA) is 87.1 Å². The number of ether oxygens (including phenoxy) is 1. The maximum Gasteiger partial charge on any atom is 0.331 e. The first-order chi connectivity index (χ1) is 9.42. The Labute approximate surface area is 117 Å². The first-order valence-electron chi connectivity index (χ1n) is 6.33. The van der Waals surface area contributed by atoms with Gasteiger partial charge in [0, 0.05) is 6.04 Å². The second-order valence-corrected chi connectivity index (χ2v) is 4.55. The number of hydrogen-bond acceptors (Lipinski definition) is 4. The molecule has 110 valence electrons. The number of amides is 1. The summed E-state index contributed by atoms with van der Waals surface area (Å²) in [6.07, 6.45) is 0.511. The molecule has 0 aliphatic heterocycles. The van der Waals surface area contributed by atoms with E-state index in [0.717, 1.165) is 0 Å². The van der Waals surface area contributed by atoms with Gasteiger partial charge in [-0.2, -0.15) is 0 Å². The van der Waals surface area contributed by atoms with Crippen molar-refractivity contribution in [2.45, 2.75) is 32.9 Å². The fourth-order valence-corrected chi connectivity index (χ4v) is 1.89. The molecule has 1 aromatic carbocycles. The minimum absolute atomic E-state index is 0.0676. The molecular formula is C14H19NO5. The molecule has 0 bridgehead atoms. The average molecular weight is 281 g/mol. The number of carboxylic acid groups (broad SMARTS) is 1. The Kier molecular flexibility index (Phi) is 5.37. The molecule has 6 nitrogen and oxygen atoms in total. The molecule has 1 unspecified atom stereocenters. The fourth-order valence-electron chi connectivity index (χ4n) is 1.89. The summed E-state index contributed by atoms with van der Waals surface area (Å²) < 4.78 is 5.23. The number of hydrogen-bond donors (Lipinski definition) is 2. The SMILES string of the molecule is CCOc1cc(C(C(=O)O)N(C=O)C(C)C)ccc1O. The number of nitrogens with zero attached hydrogens (tertiary/aromatic N) is 1. The van der Waals surface area contributed by atoms with E-state index in [4.69, 9.17) is 4.74 Å². The van der Waals surface area contributed by atoms with Gasteiger partial charge >= 0.3 is 5.97 Å². The van der Waals surface area contributed by atoms with Crippen LogP contribution in [0.3, 0.4) is 0 Å². The van der Waals surface area contributed by atoms with Gasteiger partial charge in [0.2, 0.25) is 6.41 Å². The van der Waals surface area contributed by atoms with E-state index >= 15 is 0 Å². The lowest BCUT2D eigenvalue weighted by Gasteiger charge is -2.29. The van der Waals surface area contributed by atoms with Gasteiger partial charge in [0.15, 0.2) is 17.5 Å². The van der Waals surface area contributed by atoms with Crippen LogP contribution in [0.25, 0.3) is 0 Å². The molecule has 1 rings (SSSR count). The Morgan fingerprint density at radius 2 is 2.10 bits per heavy atom. The highest BCUT2D eigenvalue weighted by molar-refractivity contribution is 5.78. The summed E-state index contributed by atoms with van der Waals surface area (Å²) in [5, 5.41) is 19.0. The number of phenols is 1. The number of benzene rings is 1. The third-order valence-corrected chi connectivity index (χ3v) is 2.85. The van der Waals surface area contributed by atoms with E-state index in [1.807, 2.05) is 0 Å². The summed E-state index contributed by atoms with van der Waals surface area (Å²) in [5.74, 6) is -1.01. The molecule has 0 spiro atoms. The van der Waals surface area contributed by atoms with Crippen LogP contribution in [0.1, 0.15) is 32.4 Å². The maximum atomic E-state index is 11.5. The number of carboxylic acids is 1. The van der Waals surface area contributed by atoms with Crippen LogP contribution in [0.5, 0.6) is 11.5 Å². The summed E-state index contributed by atoms with van der Waals surface area (Å²) in [7, 11) is 0. The van der Waals surface area contributed by atoms with Crippen LogP contribution in [0, 0.1) is 0 Å². The zero-order valence-corrected chi connectivity index (χ0v) is 11.7. The van der Waals surface area contributed by atoms with Gasteiger partial charge < -0.3 is 19.8 Å². The van der Waals surface area contributed by atoms with E-state index in [0.29, 0.717) is 18.6 Å². The van der Waals surface area contributed by atoms with Crippen molar-refractivity contribution >= 4 is 12.4 Å². The van der Waals surface area contributed by atoms with Crippen molar-refractivity contribution < 1.29 is 24.5 Å². The summed E-state index contributed by atoms with van der Waals surface area (Å²) >= 11 is 0. The van der Waals surface area contributed by atoms with E-state index in [9.17, 15) is 19.8 Å². The fraction of sp³-hybridized carbons (Fsp3) is 0.429. The second kappa shape index (κ2) is 6.79. The third-order valence-electron chi connectivity index (χ3n) is 2.85. The van der Waals surface area contributed by atoms with Crippen LogP contribution in [0.4, 0.5) is 0 Å². The molecule has 20 heavy (non-hydrogen) atoms. The van der Waals surface area contributed by atoms with E-state index in [1.54, 1.807) is 20.8 Å². The van der Waals surface area contributed by atoms with Gasteiger partial charge in [-0.25, -0.2) is 4.79 Å². The van der Waals surface area contributed by atoms with Gasteiger partial charge in [0.25, 0.3) is 0 Å². The molecule has 0 saturated carbocycles. The van der Waals surface area contributed by atoms with Crippen LogP contribution in [-0.2, 0) is 9.59 Å². The first kappa shape index (κ1) is 15.8. The average Bonchev–Trinajstić information content (AvgIpc) is 2.38. The van der Waals surface area contributed by atoms with E-state index in [-0.39, 0.29) is 17.5 Å². The summed E-state index contributed by atoms with van der Waals surface area (Å²) in [6.45, 7) is 5.56. The summed E-state index contributed by atoms with van der Waals surface area (Å²) in [6, 6.07) is 2.89. The van der Waals surface area contributed by atoms with Crippen LogP contribution in [-0.4, -0.2) is 40.1 Å². The number of phenolic OH excluding ortho intramolecular Hbond substituents is 1. The van der Waals surface area contributed by atoms with Gasteiger partial charge in [-0.15, -0.1) is 0 Å². The van der Waals surface area contributed by atoms with Crippen molar-refractivity contribution in [2.24, 2.45) is 0 Å². The maximum absolute atomic E-state index is 11.5. The van der Waals surface area contributed by atoms with Crippen LogP contribution >= 0.6 is 0 Å². The molecule has 0 fully saturated rings.